The molecule has 7 heteroatoms. The lowest BCUT2D eigenvalue weighted by atomic mass is 9.97. The summed E-state index contributed by atoms with van der Waals surface area (Å²) in [7, 11) is 0. The van der Waals surface area contributed by atoms with Gasteiger partial charge in [0.1, 0.15) is 0 Å². The van der Waals surface area contributed by atoms with Gasteiger partial charge in [-0.05, 0) is 18.9 Å². The van der Waals surface area contributed by atoms with E-state index in [9.17, 15) is 24.0 Å². The lowest BCUT2D eigenvalue weighted by Gasteiger charge is -2.30. The van der Waals surface area contributed by atoms with Crippen LogP contribution in [0.2, 0.25) is 0 Å². The summed E-state index contributed by atoms with van der Waals surface area (Å²) in [6.45, 7) is -0.146. The van der Waals surface area contributed by atoms with Crippen molar-refractivity contribution in [2.75, 3.05) is 11.9 Å². The van der Waals surface area contributed by atoms with E-state index in [4.69, 9.17) is 0 Å². The topological polar surface area (TPSA) is 75.4 Å². The van der Waals surface area contributed by atoms with Crippen LogP contribution in [0, 0.1) is 10.1 Å². The maximum atomic E-state index is 13.0. The van der Waals surface area contributed by atoms with E-state index in [0.29, 0.717) is 12.8 Å². The fraction of sp³-hybridized carbons (Fsp3) is 0.538. The minimum absolute atomic E-state index is 0.146. The highest BCUT2D eigenvalue weighted by atomic mass is 19.3. The summed E-state index contributed by atoms with van der Waals surface area (Å²) in [6.07, 6.45) is 0.427. The van der Waals surface area contributed by atoms with Crippen LogP contribution in [0.25, 0.3) is 0 Å². The number of halogens is 2. The normalized spacial score (nSPS) is 17.4. The Labute approximate surface area is 114 Å². The number of nitro groups is 1. The summed E-state index contributed by atoms with van der Waals surface area (Å²) in [4.78, 5) is 9.95. The first kappa shape index (κ1) is 14.6. The van der Waals surface area contributed by atoms with Gasteiger partial charge in [0, 0.05) is 23.4 Å². The molecule has 0 heterocycles. The average molecular weight is 286 g/mol. The van der Waals surface area contributed by atoms with E-state index >= 15 is 0 Å². The Hall–Kier alpha value is -1.76. The molecule has 1 aliphatic carbocycles. The molecule has 1 saturated carbocycles. The second-order valence-corrected chi connectivity index (χ2v) is 5.10. The summed E-state index contributed by atoms with van der Waals surface area (Å²) in [6, 6.07) is 3.36. The van der Waals surface area contributed by atoms with Crippen LogP contribution in [0.5, 0.6) is 0 Å². The van der Waals surface area contributed by atoms with Crippen LogP contribution in [0.1, 0.15) is 37.7 Å². The van der Waals surface area contributed by atoms with E-state index < -0.39 is 22.5 Å². The summed E-state index contributed by atoms with van der Waals surface area (Å²) in [5, 5.41) is 23.1. The molecule has 2 N–H and O–H groups in total. The third kappa shape index (κ3) is 2.87. The number of nitrogens with zero attached hydrogens (tertiary/aromatic N) is 1. The van der Waals surface area contributed by atoms with Crippen molar-refractivity contribution in [2.45, 2.75) is 37.6 Å². The van der Waals surface area contributed by atoms with E-state index in [2.05, 4.69) is 5.32 Å². The Kier molecular flexibility index (Phi) is 4.17. The molecule has 0 spiro atoms. The van der Waals surface area contributed by atoms with Crippen molar-refractivity contribution in [2.24, 2.45) is 0 Å². The van der Waals surface area contributed by atoms with Crippen LogP contribution in [0.15, 0.2) is 18.2 Å². The first-order valence-corrected chi connectivity index (χ1v) is 6.43. The maximum absolute atomic E-state index is 13.0. The number of nitro benzene ring substituents is 1. The first-order chi connectivity index (χ1) is 9.47. The van der Waals surface area contributed by atoms with Gasteiger partial charge in [0.25, 0.3) is 12.1 Å². The molecule has 1 aromatic carbocycles. The van der Waals surface area contributed by atoms with Crippen molar-refractivity contribution in [1.82, 2.24) is 0 Å². The Morgan fingerprint density at radius 1 is 1.40 bits per heavy atom. The largest absolute Gasteiger partial charge is 0.394 e. The van der Waals surface area contributed by atoms with Gasteiger partial charge in [0.05, 0.1) is 17.1 Å². The highest BCUT2D eigenvalue weighted by Crippen LogP contribution is 2.37. The third-order valence-electron chi connectivity index (χ3n) is 3.74. The zero-order valence-electron chi connectivity index (χ0n) is 10.8. The Morgan fingerprint density at radius 3 is 2.55 bits per heavy atom. The average Bonchev–Trinajstić information content (AvgIpc) is 2.88. The number of aliphatic hydroxyl groups excluding tert-OH is 1. The van der Waals surface area contributed by atoms with Gasteiger partial charge in [-0.1, -0.05) is 12.8 Å². The monoisotopic (exact) mass is 286 g/mol. The van der Waals surface area contributed by atoms with Crippen molar-refractivity contribution in [3.63, 3.8) is 0 Å². The number of hydrogen-bond acceptors (Lipinski definition) is 4. The van der Waals surface area contributed by atoms with Crippen LogP contribution in [-0.2, 0) is 0 Å². The van der Waals surface area contributed by atoms with Crippen LogP contribution in [0.3, 0.4) is 0 Å². The number of rotatable bonds is 5. The highest BCUT2D eigenvalue weighted by molar-refractivity contribution is 5.58. The number of nitrogens with one attached hydrogen (secondary N) is 1. The number of benzene rings is 1. The molecule has 20 heavy (non-hydrogen) atoms. The highest BCUT2D eigenvalue weighted by Gasteiger charge is 2.34. The minimum Gasteiger partial charge on any atom is -0.394 e. The number of non-ortho nitro benzene ring substituents is 1. The predicted molar refractivity (Wildman–Crippen MR) is 70.0 cm³/mol. The van der Waals surface area contributed by atoms with Gasteiger partial charge in [-0.25, -0.2) is 8.78 Å². The van der Waals surface area contributed by atoms with Crippen LogP contribution in [-0.4, -0.2) is 22.2 Å². The van der Waals surface area contributed by atoms with Gasteiger partial charge in [0.2, 0.25) is 0 Å². The van der Waals surface area contributed by atoms with E-state index in [0.717, 1.165) is 18.9 Å². The number of alkyl halides is 2. The van der Waals surface area contributed by atoms with Crippen molar-refractivity contribution in [3.05, 3.63) is 33.9 Å². The number of aliphatic hydroxyl groups is 1. The summed E-state index contributed by atoms with van der Waals surface area (Å²) in [5.41, 5.74) is -1.21. The van der Waals surface area contributed by atoms with E-state index in [-0.39, 0.29) is 18.0 Å². The van der Waals surface area contributed by atoms with E-state index in [1.807, 2.05) is 0 Å². The second kappa shape index (κ2) is 5.70. The van der Waals surface area contributed by atoms with Crippen LogP contribution in [0.4, 0.5) is 20.2 Å². The molecule has 0 aromatic heterocycles. The van der Waals surface area contributed by atoms with Gasteiger partial charge in [-0.2, -0.15) is 0 Å². The fourth-order valence-electron chi connectivity index (χ4n) is 2.62. The molecule has 0 saturated heterocycles. The molecule has 0 bridgehead atoms. The molecule has 0 aliphatic heterocycles. The smallest absolute Gasteiger partial charge is 0.270 e. The Bertz CT molecular complexity index is 502. The molecule has 1 fully saturated rings. The summed E-state index contributed by atoms with van der Waals surface area (Å²) in [5.74, 6) is 0. The fourth-order valence-corrected chi connectivity index (χ4v) is 2.62. The molecule has 1 aliphatic rings. The van der Waals surface area contributed by atoms with Gasteiger partial charge in [-0.3, -0.25) is 10.1 Å². The Morgan fingerprint density at radius 2 is 2.05 bits per heavy atom. The molecule has 0 unspecified atom stereocenters. The van der Waals surface area contributed by atoms with Crippen LogP contribution < -0.4 is 5.32 Å². The van der Waals surface area contributed by atoms with Crippen molar-refractivity contribution in [1.29, 1.82) is 0 Å². The number of hydrogen-bond donors (Lipinski definition) is 2. The van der Waals surface area contributed by atoms with E-state index in [1.54, 1.807) is 0 Å². The summed E-state index contributed by atoms with van der Waals surface area (Å²) < 4.78 is 26.1. The van der Waals surface area contributed by atoms with Crippen molar-refractivity contribution in [3.8, 4) is 0 Å². The van der Waals surface area contributed by atoms with E-state index in [1.165, 1.54) is 12.1 Å². The molecule has 0 atom stereocenters. The minimum atomic E-state index is -2.81. The lowest BCUT2D eigenvalue weighted by molar-refractivity contribution is -0.385. The molecule has 5 nitrogen and oxygen atoms in total. The third-order valence-corrected chi connectivity index (χ3v) is 3.74. The predicted octanol–water partition coefficient (Wildman–Crippen LogP) is 3.25. The molecule has 110 valence electrons. The molecule has 0 radical (unpaired) electrons. The van der Waals surface area contributed by atoms with Gasteiger partial charge in [0.15, 0.2) is 0 Å². The quantitative estimate of drug-likeness (QED) is 0.643. The second-order valence-electron chi connectivity index (χ2n) is 5.10. The maximum Gasteiger partial charge on any atom is 0.270 e. The zero-order chi connectivity index (χ0) is 14.8. The zero-order valence-corrected chi connectivity index (χ0v) is 10.8. The molecule has 1 aromatic rings. The van der Waals surface area contributed by atoms with Gasteiger partial charge < -0.3 is 10.4 Å². The van der Waals surface area contributed by atoms with Crippen LogP contribution >= 0.6 is 0 Å². The standard InChI is InChI=1S/C13H16F2N2O3/c14-12(15)10-7-9(17(19)20)3-4-11(10)16-13(8-18)5-1-2-6-13/h3-4,7,12,16,18H,1-2,5-6,8H2. The summed E-state index contributed by atoms with van der Waals surface area (Å²) >= 11 is 0. The molecule has 2 rings (SSSR count). The van der Waals surface area contributed by atoms with Crippen molar-refractivity contribution >= 4 is 11.4 Å². The first-order valence-electron chi connectivity index (χ1n) is 6.43. The Balaban J connectivity index is 2.33. The van der Waals surface area contributed by atoms with Gasteiger partial charge in [-0.15, -0.1) is 0 Å². The SMILES string of the molecule is O=[N+]([O-])c1ccc(NC2(CO)CCCC2)c(C(F)F)c1. The molecule has 0 amide bonds. The molecular weight excluding hydrogens is 270 g/mol. The van der Waals surface area contributed by atoms with Gasteiger partial charge >= 0.3 is 0 Å². The van der Waals surface area contributed by atoms with Crippen molar-refractivity contribution < 1.29 is 18.8 Å². The lowest BCUT2D eigenvalue weighted by Crippen LogP contribution is -2.39. The molecular formula is C13H16F2N2O3. The number of anilines is 1.